The van der Waals surface area contributed by atoms with E-state index in [1.165, 1.54) is 11.0 Å². The van der Waals surface area contributed by atoms with Crippen LogP contribution < -0.4 is 21.7 Å². The summed E-state index contributed by atoms with van der Waals surface area (Å²) in [6.07, 6.45) is -0.419. The fourth-order valence-electron chi connectivity index (χ4n) is 4.90. The van der Waals surface area contributed by atoms with E-state index in [0.29, 0.717) is 6.42 Å². The third-order valence-electron chi connectivity index (χ3n) is 6.52. The van der Waals surface area contributed by atoms with Gasteiger partial charge in [0.25, 0.3) is 5.91 Å². The van der Waals surface area contributed by atoms with Gasteiger partial charge in [-0.1, -0.05) is 33.3 Å². The number of nitrogens with one attached hydrogen (secondary N) is 3. The Morgan fingerprint density at radius 2 is 1.80 bits per heavy atom. The number of nitrogens with two attached hydrogens (primary N) is 1. The zero-order chi connectivity index (χ0) is 26.5. The molecule has 2 aliphatic rings. The Bertz CT molecular complexity index is 860. The maximum atomic E-state index is 13.5. The van der Waals surface area contributed by atoms with Gasteiger partial charge in [-0.3, -0.25) is 19.2 Å². The monoisotopic (exact) mass is 499 g/mol. The first kappa shape index (κ1) is 28.2. The molecule has 1 aliphatic carbocycles. The molecule has 196 valence electrons. The molecule has 1 saturated carbocycles. The van der Waals surface area contributed by atoms with E-state index in [0.717, 1.165) is 12.8 Å². The van der Waals surface area contributed by atoms with E-state index < -0.39 is 65.9 Å². The molecule has 0 unspecified atom stereocenters. The summed E-state index contributed by atoms with van der Waals surface area (Å²) in [7, 11) is 0. The number of carbonyl (C=O) groups excluding carboxylic acids is 5. The summed E-state index contributed by atoms with van der Waals surface area (Å²) in [5.41, 5.74) is 4.53. The highest BCUT2D eigenvalue weighted by atomic mass is 19.3. The number of fused-ring (bicyclic) bond motifs is 1. The zero-order valence-electron chi connectivity index (χ0n) is 20.3. The normalized spacial score (nSPS) is 23.3. The van der Waals surface area contributed by atoms with Gasteiger partial charge in [-0.15, -0.1) is 6.58 Å². The van der Waals surface area contributed by atoms with E-state index in [1.807, 2.05) is 0 Å². The first-order chi connectivity index (χ1) is 16.3. The molecule has 0 aromatic heterocycles. The third kappa shape index (κ3) is 6.98. The summed E-state index contributed by atoms with van der Waals surface area (Å²) >= 11 is 0. The molecule has 35 heavy (non-hydrogen) atoms. The average Bonchev–Trinajstić information content (AvgIpc) is 3.34. The highest BCUT2D eigenvalue weighted by molar-refractivity contribution is 6.38. The molecule has 0 aromatic rings. The number of likely N-dealkylation sites (tertiary alicyclic amines) is 1. The number of hydrogen-bond acceptors (Lipinski definition) is 5. The summed E-state index contributed by atoms with van der Waals surface area (Å²) in [6, 6.07) is -4.71. The minimum absolute atomic E-state index is 0.0176. The predicted octanol–water partition coefficient (Wildman–Crippen LogP) is 0.708. The SMILES string of the molecule is C=CCNC(=O)C(=O)[C@H](CC(F)F)NC(=O)[C@@H]1[C@H]2CCC[C@H]2CN1C(=O)[C@@H](NC(N)=O)C(C)(C)C. The van der Waals surface area contributed by atoms with E-state index in [-0.39, 0.29) is 24.9 Å². The van der Waals surface area contributed by atoms with Crippen molar-refractivity contribution >= 4 is 29.5 Å². The Labute approximate surface area is 203 Å². The second kappa shape index (κ2) is 11.6. The standard InChI is InChI=1S/C23H35F2N5O5/c1-5-9-27-20(33)17(31)14(10-15(24)25)28-19(32)16-13-8-6-7-12(13)11-30(16)21(34)18(23(2,3)4)29-22(26)35/h5,12-16,18H,1,6-11H2,2-4H3,(H,27,33)(H,28,32)(H3,26,29,35)/t12-,13-,14-,16-,18+/m0/s1. The van der Waals surface area contributed by atoms with Crippen LogP contribution in [0.25, 0.3) is 0 Å². The highest BCUT2D eigenvalue weighted by Crippen LogP contribution is 2.43. The molecule has 12 heteroatoms. The van der Waals surface area contributed by atoms with Crippen LogP contribution in [0.4, 0.5) is 13.6 Å². The smallest absolute Gasteiger partial charge is 0.312 e. The van der Waals surface area contributed by atoms with Crippen molar-refractivity contribution in [1.82, 2.24) is 20.9 Å². The number of ketones is 1. The fraction of sp³-hybridized carbons (Fsp3) is 0.696. The van der Waals surface area contributed by atoms with Crippen LogP contribution in [-0.4, -0.2) is 72.1 Å². The van der Waals surface area contributed by atoms with Gasteiger partial charge < -0.3 is 26.6 Å². The van der Waals surface area contributed by atoms with Crippen LogP contribution in [0.1, 0.15) is 46.5 Å². The minimum atomic E-state index is -2.96. The minimum Gasteiger partial charge on any atom is -0.352 e. The maximum absolute atomic E-state index is 13.5. The van der Waals surface area contributed by atoms with E-state index >= 15 is 0 Å². The molecule has 0 radical (unpaired) electrons. The van der Waals surface area contributed by atoms with Gasteiger partial charge in [0.05, 0.1) is 0 Å². The van der Waals surface area contributed by atoms with Crippen LogP contribution >= 0.6 is 0 Å². The van der Waals surface area contributed by atoms with Crippen molar-refractivity contribution in [3.63, 3.8) is 0 Å². The topological polar surface area (TPSA) is 151 Å². The molecule has 2 rings (SSSR count). The molecule has 1 aliphatic heterocycles. The second-order valence-electron chi connectivity index (χ2n) is 10.1. The van der Waals surface area contributed by atoms with Gasteiger partial charge in [0, 0.05) is 19.5 Å². The van der Waals surface area contributed by atoms with Crippen LogP contribution in [0, 0.1) is 17.3 Å². The molecule has 10 nitrogen and oxygen atoms in total. The molecule has 5 atom stereocenters. The van der Waals surface area contributed by atoms with Crippen molar-refractivity contribution in [2.24, 2.45) is 23.0 Å². The number of alkyl halides is 2. The van der Waals surface area contributed by atoms with Crippen molar-refractivity contribution in [3.05, 3.63) is 12.7 Å². The molecule has 5 N–H and O–H groups in total. The van der Waals surface area contributed by atoms with Crippen LogP contribution in [0.2, 0.25) is 0 Å². The first-order valence-electron chi connectivity index (χ1n) is 11.7. The average molecular weight is 500 g/mol. The van der Waals surface area contributed by atoms with Crippen LogP contribution in [-0.2, 0) is 19.2 Å². The maximum Gasteiger partial charge on any atom is 0.312 e. The van der Waals surface area contributed by atoms with Gasteiger partial charge in [-0.05, 0) is 30.1 Å². The number of Topliss-reactive ketones (excluding diaryl/α,β-unsaturated/α-hetero) is 1. The van der Waals surface area contributed by atoms with Gasteiger partial charge in [0.2, 0.25) is 24.0 Å². The van der Waals surface area contributed by atoms with Gasteiger partial charge in [0.1, 0.15) is 18.1 Å². The van der Waals surface area contributed by atoms with Crippen molar-refractivity contribution in [1.29, 1.82) is 0 Å². The summed E-state index contributed by atoms with van der Waals surface area (Å²) in [4.78, 5) is 64.4. The second-order valence-corrected chi connectivity index (χ2v) is 10.1. The van der Waals surface area contributed by atoms with Crippen LogP contribution in [0.5, 0.6) is 0 Å². The van der Waals surface area contributed by atoms with Crippen molar-refractivity contribution in [2.45, 2.75) is 71.0 Å². The Morgan fingerprint density at radius 1 is 1.14 bits per heavy atom. The lowest BCUT2D eigenvalue weighted by Gasteiger charge is -2.36. The number of amides is 5. The quantitative estimate of drug-likeness (QED) is 0.258. The number of primary amides is 1. The van der Waals surface area contributed by atoms with Gasteiger partial charge in [-0.25, -0.2) is 13.6 Å². The van der Waals surface area contributed by atoms with Crippen molar-refractivity contribution < 1.29 is 32.8 Å². The van der Waals surface area contributed by atoms with E-state index in [2.05, 4.69) is 22.5 Å². The molecule has 2 fully saturated rings. The number of nitrogens with zero attached hydrogens (tertiary/aromatic N) is 1. The van der Waals surface area contributed by atoms with Crippen molar-refractivity contribution in [2.75, 3.05) is 13.1 Å². The first-order valence-corrected chi connectivity index (χ1v) is 11.7. The third-order valence-corrected chi connectivity index (χ3v) is 6.52. The molecule has 5 amide bonds. The van der Waals surface area contributed by atoms with Gasteiger partial charge in [0.15, 0.2) is 0 Å². The van der Waals surface area contributed by atoms with Crippen LogP contribution in [0.15, 0.2) is 12.7 Å². The number of carbonyl (C=O) groups is 5. The molecule has 0 spiro atoms. The molecule has 0 bridgehead atoms. The zero-order valence-corrected chi connectivity index (χ0v) is 20.3. The Hall–Kier alpha value is -3.05. The number of hydrogen-bond donors (Lipinski definition) is 4. The van der Waals surface area contributed by atoms with Gasteiger partial charge >= 0.3 is 6.03 Å². The van der Waals surface area contributed by atoms with E-state index in [4.69, 9.17) is 5.73 Å². The summed E-state index contributed by atoms with van der Waals surface area (Å²) < 4.78 is 26.4. The number of rotatable bonds is 10. The Balaban J connectivity index is 2.31. The Kier molecular flexibility index (Phi) is 9.33. The molecular weight excluding hydrogens is 464 g/mol. The largest absolute Gasteiger partial charge is 0.352 e. The van der Waals surface area contributed by atoms with E-state index in [1.54, 1.807) is 20.8 Å². The van der Waals surface area contributed by atoms with Gasteiger partial charge in [-0.2, -0.15) is 0 Å². The Morgan fingerprint density at radius 3 is 2.34 bits per heavy atom. The summed E-state index contributed by atoms with van der Waals surface area (Å²) in [5.74, 6) is -3.84. The highest BCUT2D eigenvalue weighted by Gasteiger charge is 2.52. The molecule has 1 saturated heterocycles. The van der Waals surface area contributed by atoms with E-state index in [9.17, 15) is 32.8 Å². The lowest BCUT2D eigenvalue weighted by atomic mass is 9.85. The molecule has 0 aromatic carbocycles. The van der Waals surface area contributed by atoms with Crippen molar-refractivity contribution in [3.8, 4) is 0 Å². The summed E-state index contributed by atoms with van der Waals surface area (Å²) in [6.45, 7) is 8.81. The van der Waals surface area contributed by atoms with Crippen LogP contribution in [0.3, 0.4) is 0 Å². The lowest BCUT2D eigenvalue weighted by molar-refractivity contribution is -0.145. The molecular formula is C23H35F2N5O5. The fourth-order valence-corrected chi connectivity index (χ4v) is 4.90. The molecule has 1 heterocycles. The number of halogens is 2. The summed E-state index contributed by atoms with van der Waals surface area (Å²) in [5, 5.41) is 6.97. The predicted molar refractivity (Wildman–Crippen MR) is 123 cm³/mol. The number of urea groups is 1. The lowest BCUT2D eigenvalue weighted by Crippen LogP contribution is -2.60.